The van der Waals surface area contributed by atoms with Gasteiger partial charge in [-0.15, -0.1) is 11.3 Å². The largest absolute Gasteiger partial charge is 0.399 e. The van der Waals surface area contributed by atoms with E-state index in [2.05, 4.69) is 9.71 Å². The Labute approximate surface area is 120 Å². The van der Waals surface area contributed by atoms with Crippen LogP contribution in [-0.4, -0.2) is 13.4 Å². The van der Waals surface area contributed by atoms with Crippen LogP contribution in [0.4, 0.5) is 10.1 Å². The van der Waals surface area contributed by atoms with E-state index in [-0.39, 0.29) is 10.6 Å². The highest BCUT2D eigenvalue weighted by atomic mass is 32.2. The second-order valence-electron chi connectivity index (χ2n) is 4.37. The van der Waals surface area contributed by atoms with E-state index in [1.165, 1.54) is 17.4 Å². The Hall–Kier alpha value is -1.51. The molecule has 2 rings (SSSR count). The van der Waals surface area contributed by atoms with E-state index < -0.39 is 21.9 Å². The van der Waals surface area contributed by atoms with Crippen LogP contribution in [0.3, 0.4) is 0 Å². The molecule has 0 fully saturated rings. The van der Waals surface area contributed by atoms with Gasteiger partial charge >= 0.3 is 0 Å². The fourth-order valence-corrected chi connectivity index (χ4v) is 3.79. The molecule has 0 saturated heterocycles. The van der Waals surface area contributed by atoms with E-state index in [1.54, 1.807) is 13.1 Å². The van der Waals surface area contributed by atoms with E-state index >= 15 is 0 Å². The highest BCUT2D eigenvalue weighted by Crippen LogP contribution is 2.22. The number of nitrogens with zero attached hydrogens (tertiary/aromatic N) is 1. The summed E-state index contributed by atoms with van der Waals surface area (Å²) in [4.78, 5) is 4.91. The molecule has 3 N–H and O–H groups in total. The summed E-state index contributed by atoms with van der Waals surface area (Å²) in [6.45, 7) is 3.56. The molecule has 108 valence electrons. The SMILES string of the molecule is Cc1cnc(C(C)NS(=O)(=O)c2cc(N)cc(F)c2)s1. The summed E-state index contributed by atoms with van der Waals surface area (Å²) in [5.74, 6) is -0.692. The maximum Gasteiger partial charge on any atom is 0.241 e. The minimum absolute atomic E-state index is 0.0584. The number of aryl methyl sites for hydroxylation is 1. The monoisotopic (exact) mass is 315 g/mol. The summed E-state index contributed by atoms with van der Waals surface area (Å²) in [7, 11) is -3.85. The molecule has 2 aromatic rings. The second kappa shape index (κ2) is 5.47. The van der Waals surface area contributed by atoms with Crippen LogP contribution in [-0.2, 0) is 10.0 Å². The maximum atomic E-state index is 13.2. The first kappa shape index (κ1) is 14.9. The fourth-order valence-electron chi connectivity index (χ4n) is 1.66. The first-order valence-corrected chi connectivity index (χ1v) is 8.08. The topological polar surface area (TPSA) is 85.1 Å². The van der Waals surface area contributed by atoms with Crippen LogP contribution in [0.15, 0.2) is 29.3 Å². The molecule has 20 heavy (non-hydrogen) atoms. The number of anilines is 1. The molecule has 1 aromatic heterocycles. The number of aromatic nitrogens is 1. The standard InChI is InChI=1S/C12H14FN3O2S2/c1-7-6-15-12(19-7)8(2)16-20(17,18)11-4-9(13)3-10(14)5-11/h3-6,8,16H,14H2,1-2H3. The lowest BCUT2D eigenvalue weighted by Gasteiger charge is -2.12. The number of hydrogen-bond acceptors (Lipinski definition) is 5. The number of nitrogen functional groups attached to an aromatic ring is 1. The maximum absolute atomic E-state index is 13.2. The Balaban J connectivity index is 2.27. The number of halogens is 1. The molecule has 0 aliphatic rings. The van der Waals surface area contributed by atoms with Gasteiger partial charge in [0.1, 0.15) is 10.8 Å². The van der Waals surface area contributed by atoms with Crippen LogP contribution >= 0.6 is 11.3 Å². The molecule has 0 aliphatic heterocycles. The van der Waals surface area contributed by atoms with E-state index in [4.69, 9.17) is 5.73 Å². The van der Waals surface area contributed by atoms with Gasteiger partial charge in [0.15, 0.2) is 0 Å². The van der Waals surface area contributed by atoms with Crippen molar-refractivity contribution >= 4 is 27.0 Å². The predicted molar refractivity (Wildman–Crippen MR) is 76.4 cm³/mol. The van der Waals surface area contributed by atoms with Gasteiger partial charge in [0.2, 0.25) is 10.0 Å². The first-order valence-electron chi connectivity index (χ1n) is 5.78. The molecule has 0 saturated carbocycles. The van der Waals surface area contributed by atoms with Crippen molar-refractivity contribution in [2.75, 3.05) is 5.73 Å². The molecule has 0 bridgehead atoms. The van der Waals surface area contributed by atoms with E-state index in [9.17, 15) is 12.8 Å². The van der Waals surface area contributed by atoms with Crippen LogP contribution in [0, 0.1) is 12.7 Å². The van der Waals surface area contributed by atoms with Gasteiger partial charge < -0.3 is 5.73 Å². The number of thiazole rings is 1. The smallest absolute Gasteiger partial charge is 0.241 e. The van der Waals surface area contributed by atoms with Gasteiger partial charge in [0.25, 0.3) is 0 Å². The quantitative estimate of drug-likeness (QED) is 0.847. The molecule has 1 heterocycles. The molecule has 5 nitrogen and oxygen atoms in total. The van der Waals surface area contributed by atoms with E-state index in [1.807, 2.05) is 6.92 Å². The molecular weight excluding hydrogens is 301 g/mol. The zero-order valence-electron chi connectivity index (χ0n) is 10.9. The van der Waals surface area contributed by atoms with E-state index in [0.717, 1.165) is 17.0 Å². The van der Waals surface area contributed by atoms with Crippen molar-refractivity contribution in [3.8, 4) is 0 Å². The van der Waals surface area contributed by atoms with Gasteiger partial charge in [0.05, 0.1) is 10.9 Å². The molecule has 0 aliphatic carbocycles. The van der Waals surface area contributed by atoms with Crippen molar-refractivity contribution < 1.29 is 12.8 Å². The van der Waals surface area contributed by atoms with Gasteiger partial charge in [0, 0.05) is 16.8 Å². The van der Waals surface area contributed by atoms with Gasteiger partial charge in [-0.3, -0.25) is 0 Å². The minimum Gasteiger partial charge on any atom is -0.399 e. The summed E-state index contributed by atoms with van der Waals surface area (Å²) in [5, 5.41) is 0.649. The third kappa shape index (κ3) is 3.33. The molecule has 1 aromatic carbocycles. The molecule has 1 unspecified atom stereocenters. The van der Waals surface area contributed by atoms with Crippen molar-refractivity contribution in [2.45, 2.75) is 24.8 Å². The summed E-state index contributed by atoms with van der Waals surface area (Å²) in [6, 6.07) is 2.71. The zero-order valence-corrected chi connectivity index (χ0v) is 12.6. The lowest BCUT2D eigenvalue weighted by Crippen LogP contribution is -2.27. The van der Waals surface area contributed by atoms with Crippen LogP contribution in [0.1, 0.15) is 22.9 Å². The van der Waals surface area contributed by atoms with Crippen molar-refractivity contribution in [1.29, 1.82) is 0 Å². The van der Waals surface area contributed by atoms with Gasteiger partial charge in [-0.05, 0) is 32.0 Å². The van der Waals surface area contributed by atoms with Crippen molar-refractivity contribution in [2.24, 2.45) is 0 Å². The summed E-state index contributed by atoms with van der Waals surface area (Å²) in [5.41, 5.74) is 5.52. The van der Waals surface area contributed by atoms with Gasteiger partial charge in [-0.25, -0.2) is 22.5 Å². The lowest BCUT2D eigenvalue weighted by atomic mass is 10.3. The highest BCUT2D eigenvalue weighted by Gasteiger charge is 2.21. The summed E-state index contributed by atoms with van der Waals surface area (Å²) < 4.78 is 40.0. The van der Waals surface area contributed by atoms with Crippen molar-refractivity contribution in [1.82, 2.24) is 9.71 Å². The second-order valence-corrected chi connectivity index (χ2v) is 7.35. The molecule has 8 heteroatoms. The predicted octanol–water partition coefficient (Wildman–Crippen LogP) is 2.21. The van der Waals surface area contributed by atoms with Crippen LogP contribution in [0.25, 0.3) is 0 Å². The molecule has 0 spiro atoms. The van der Waals surface area contributed by atoms with Crippen molar-refractivity contribution in [3.63, 3.8) is 0 Å². The number of nitrogens with one attached hydrogen (secondary N) is 1. The number of rotatable bonds is 4. The highest BCUT2D eigenvalue weighted by molar-refractivity contribution is 7.89. The zero-order chi connectivity index (χ0) is 14.9. The Morgan fingerprint density at radius 2 is 2.10 bits per heavy atom. The molecule has 0 radical (unpaired) electrons. The summed E-state index contributed by atoms with van der Waals surface area (Å²) in [6.07, 6.45) is 1.67. The Morgan fingerprint density at radius 1 is 1.40 bits per heavy atom. The summed E-state index contributed by atoms with van der Waals surface area (Å²) >= 11 is 1.40. The average Bonchev–Trinajstić information content (AvgIpc) is 2.74. The Morgan fingerprint density at radius 3 is 2.65 bits per heavy atom. The Kier molecular flexibility index (Phi) is 4.07. The molecule has 0 amide bonds. The van der Waals surface area contributed by atoms with Gasteiger partial charge in [-0.1, -0.05) is 0 Å². The van der Waals surface area contributed by atoms with Crippen LogP contribution in [0.2, 0.25) is 0 Å². The van der Waals surface area contributed by atoms with E-state index in [0.29, 0.717) is 5.01 Å². The average molecular weight is 315 g/mol. The number of hydrogen-bond donors (Lipinski definition) is 2. The normalized spacial score (nSPS) is 13.3. The number of sulfonamides is 1. The molecule has 1 atom stereocenters. The third-order valence-electron chi connectivity index (χ3n) is 2.55. The lowest BCUT2D eigenvalue weighted by molar-refractivity contribution is 0.563. The first-order chi connectivity index (χ1) is 9.28. The number of nitrogens with two attached hydrogens (primary N) is 1. The fraction of sp³-hybridized carbons (Fsp3) is 0.250. The van der Waals surface area contributed by atoms with Gasteiger partial charge in [-0.2, -0.15) is 0 Å². The number of benzene rings is 1. The van der Waals surface area contributed by atoms with Crippen LogP contribution in [0.5, 0.6) is 0 Å². The third-order valence-corrected chi connectivity index (χ3v) is 5.16. The minimum atomic E-state index is -3.85. The van der Waals surface area contributed by atoms with Crippen molar-refractivity contribution in [3.05, 3.63) is 40.1 Å². The Bertz CT molecular complexity index is 708. The molecular formula is C12H14FN3O2S2. The van der Waals surface area contributed by atoms with Crippen LogP contribution < -0.4 is 10.5 Å².